The molecule has 24 heavy (non-hydrogen) atoms. The van der Waals surface area contributed by atoms with Gasteiger partial charge in [-0.3, -0.25) is 4.79 Å². The molecule has 0 atom stereocenters. The molecule has 5 heteroatoms. The summed E-state index contributed by atoms with van der Waals surface area (Å²) in [4.78, 5) is 15.9. The Balaban J connectivity index is 1.41. The van der Waals surface area contributed by atoms with Crippen molar-refractivity contribution in [2.45, 2.75) is 6.54 Å². The fourth-order valence-corrected chi connectivity index (χ4v) is 3.12. The maximum Gasteiger partial charge on any atom is 0.275 e. The highest BCUT2D eigenvalue weighted by atomic mass is 35.5. The van der Waals surface area contributed by atoms with Gasteiger partial charge in [-0.1, -0.05) is 41.9 Å². The lowest BCUT2D eigenvalue weighted by molar-refractivity contribution is -0.892. The van der Waals surface area contributed by atoms with E-state index in [2.05, 4.69) is 34.5 Å². The number of amides is 1. The van der Waals surface area contributed by atoms with E-state index in [9.17, 15) is 4.79 Å². The Kier molecular flexibility index (Phi) is 5.72. The molecule has 2 N–H and O–H groups in total. The minimum Gasteiger partial charge on any atom is -0.360 e. The summed E-state index contributed by atoms with van der Waals surface area (Å²) in [5.74, 6) is 0.105. The van der Waals surface area contributed by atoms with E-state index in [4.69, 9.17) is 11.6 Å². The van der Waals surface area contributed by atoms with Crippen molar-refractivity contribution in [2.75, 3.05) is 37.6 Å². The molecule has 0 aliphatic carbocycles. The third-order valence-corrected chi connectivity index (χ3v) is 4.66. The summed E-state index contributed by atoms with van der Waals surface area (Å²) in [5, 5.41) is 3.71. The number of hydrogen-bond donors (Lipinski definition) is 2. The zero-order chi connectivity index (χ0) is 16.8. The van der Waals surface area contributed by atoms with E-state index < -0.39 is 0 Å². The lowest BCUT2D eigenvalue weighted by atomic mass is 10.2. The number of carbonyl (C=O) groups excluding carboxylic acids is 1. The lowest BCUT2D eigenvalue weighted by Gasteiger charge is -2.33. The molecule has 126 valence electrons. The SMILES string of the molecule is O=C(C[NH+]1CCN(c2ccccc2)CC1)NCc1ccc(Cl)cc1. The molecule has 1 amide bonds. The average Bonchev–Trinajstić information content (AvgIpc) is 2.63. The van der Waals surface area contributed by atoms with Gasteiger partial charge < -0.3 is 15.1 Å². The third kappa shape index (κ3) is 4.73. The van der Waals surface area contributed by atoms with Gasteiger partial charge >= 0.3 is 0 Å². The van der Waals surface area contributed by atoms with E-state index in [-0.39, 0.29) is 5.91 Å². The van der Waals surface area contributed by atoms with E-state index in [0.29, 0.717) is 18.1 Å². The van der Waals surface area contributed by atoms with E-state index in [1.54, 1.807) is 0 Å². The molecular weight excluding hydrogens is 322 g/mol. The van der Waals surface area contributed by atoms with Crippen molar-refractivity contribution >= 4 is 23.2 Å². The minimum absolute atomic E-state index is 0.105. The largest absolute Gasteiger partial charge is 0.360 e. The number of quaternary nitrogens is 1. The highest BCUT2D eigenvalue weighted by Crippen LogP contribution is 2.12. The van der Waals surface area contributed by atoms with E-state index >= 15 is 0 Å². The van der Waals surface area contributed by atoms with Crippen molar-refractivity contribution in [3.05, 3.63) is 65.2 Å². The molecule has 3 rings (SSSR count). The van der Waals surface area contributed by atoms with Crippen LogP contribution in [0.25, 0.3) is 0 Å². The Morgan fingerprint density at radius 1 is 1.04 bits per heavy atom. The van der Waals surface area contributed by atoms with Crippen LogP contribution in [0.2, 0.25) is 5.02 Å². The summed E-state index contributed by atoms with van der Waals surface area (Å²) in [7, 11) is 0. The highest BCUT2D eigenvalue weighted by Gasteiger charge is 2.22. The van der Waals surface area contributed by atoms with Gasteiger partial charge in [0, 0.05) is 17.3 Å². The first-order valence-corrected chi connectivity index (χ1v) is 8.73. The maximum absolute atomic E-state index is 12.1. The summed E-state index contributed by atoms with van der Waals surface area (Å²) in [6.45, 7) is 5.05. The van der Waals surface area contributed by atoms with Crippen molar-refractivity contribution in [2.24, 2.45) is 0 Å². The molecule has 2 aromatic carbocycles. The summed E-state index contributed by atoms with van der Waals surface area (Å²) in [6.07, 6.45) is 0. The third-order valence-electron chi connectivity index (χ3n) is 4.41. The first-order valence-electron chi connectivity index (χ1n) is 8.35. The predicted molar refractivity (Wildman–Crippen MR) is 97.5 cm³/mol. The van der Waals surface area contributed by atoms with Gasteiger partial charge in [0.2, 0.25) is 0 Å². The summed E-state index contributed by atoms with van der Waals surface area (Å²) in [6, 6.07) is 18.0. The number of piperazine rings is 1. The molecule has 1 saturated heterocycles. The monoisotopic (exact) mass is 344 g/mol. The van der Waals surface area contributed by atoms with Crippen LogP contribution in [-0.2, 0) is 11.3 Å². The quantitative estimate of drug-likeness (QED) is 0.859. The number of rotatable bonds is 5. The Morgan fingerprint density at radius 3 is 2.38 bits per heavy atom. The smallest absolute Gasteiger partial charge is 0.275 e. The first-order chi connectivity index (χ1) is 11.7. The molecule has 1 heterocycles. The number of carbonyl (C=O) groups is 1. The second-order valence-electron chi connectivity index (χ2n) is 6.15. The summed E-state index contributed by atoms with van der Waals surface area (Å²) >= 11 is 5.86. The van der Waals surface area contributed by atoms with Crippen LogP contribution in [0.4, 0.5) is 5.69 Å². The van der Waals surface area contributed by atoms with Gasteiger partial charge in [0.05, 0.1) is 26.2 Å². The van der Waals surface area contributed by atoms with E-state index in [0.717, 1.165) is 31.7 Å². The van der Waals surface area contributed by atoms with Crippen molar-refractivity contribution < 1.29 is 9.69 Å². The second-order valence-corrected chi connectivity index (χ2v) is 6.59. The number of halogens is 1. The standard InChI is InChI=1S/C19H22ClN3O/c20-17-8-6-16(7-9-17)14-21-19(24)15-22-10-12-23(13-11-22)18-4-2-1-3-5-18/h1-9H,10-15H2,(H,21,24)/p+1. The van der Waals surface area contributed by atoms with Crippen LogP contribution in [-0.4, -0.2) is 38.6 Å². The molecule has 0 radical (unpaired) electrons. The van der Waals surface area contributed by atoms with E-state index in [1.807, 2.05) is 30.3 Å². The Labute approximate surface area is 148 Å². The molecular formula is C19H23ClN3O+. The molecule has 4 nitrogen and oxygen atoms in total. The van der Waals surface area contributed by atoms with Gasteiger partial charge in [-0.15, -0.1) is 0 Å². The molecule has 1 aliphatic heterocycles. The zero-order valence-corrected chi connectivity index (χ0v) is 14.4. The van der Waals surface area contributed by atoms with Crippen LogP contribution >= 0.6 is 11.6 Å². The van der Waals surface area contributed by atoms with Gasteiger partial charge in [0.15, 0.2) is 6.54 Å². The van der Waals surface area contributed by atoms with Crippen LogP contribution in [0.1, 0.15) is 5.56 Å². The van der Waals surface area contributed by atoms with Crippen LogP contribution in [0.3, 0.4) is 0 Å². The first kappa shape index (κ1) is 16.8. The Bertz CT molecular complexity index is 652. The molecule has 0 aromatic heterocycles. The molecule has 1 aliphatic rings. The van der Waals surface area contributed by atoms with Gasteiger partial charge in [-0.05, 0) is 29.8 Å². The molecule has 1 fully saturated rings. The summed E-state index contributed by atoms with van der Waals surface area (Å²) in [5.41, 5.74) is 2.33. The van der Waals surface area contributed by atoms with Gasteiger partial charge in [0.25, 0.3) is 5.91 Å². The Hall–Kier alpha value is -2.04. The number of anilines is 1. The molecule has 2 aromatic rings. The topological polar surface area (TPSA) is 36.8 Å². The summed E-state index contributed by atoms with van der Waals surface area (Å²) < 4.78 is 0. The number of nitrogens with zero attached hydrogens (tertiary/aromatic N) is 1. The normalized spacial score (nSPS) is 15.3. The fourth-order valence-electron chi connectivity index (χ4n) is 2.99. The molecule has 0 spiro atoms. The number of benzene rings is 2. The van der Waals surface area contributed by atoms with Crippen molar-refractivity contribution in [1.82, 2.24) is 5.32 Å². The Morgan fingerprint density at radius 2 is 1.71 bits per heavy atom. The number of nitrogens with one attached hydrogen (secondary N) is 2. The average molecular weight is 345 g/mol. The maximum atomic E-state index is 12.1. The highest BCUT2D eigenvalue weighted by molar-refractivity contribution is 6.30. The lowest BCUT2D eigenvalue weighted by Crippen LogP contribution is -3.15. The van der Waals surface area contributed by atoms with E-state index in [1.165, 1.54) is 10.6 Å². The number of hydrogen-bond acceptors (Lipinski definition) is 2. The van der Waals surface area contributed by atoms with Crippen LogP contribution < -0.4 is 15.1 Å². The van der Waals surface area contributed by atoms with Crippen molar-refractivity contribution in [3.63, 3.8) is 0 Å². The molecule has 0 bridgehead atoms. The van der Waals surface area contributed by atoms with Gasteiger partial charge in [-0.2, -0.15) is 0 Å². The van der Waals surface area contributed by atoms with Crippen molar-refractivity contribution in [1.29, 1.82) is 0 Å². The van der Waals surface area contributed by atoms with Crippen LogP contribution in [0, 0.1) is 0 Å². The van der Waals surface area contributed by atoms with Gasteiger partial charge in [0.1, 0.15) is 0 Å². The van der Waals surface area contributed by atoms with Gasteiger partial charge in [-0.25, -0.2) is 0 Å². The van der Waals surface area contributed by atoms with Crippen LogP contribution in [0.5, 0.6) is 0 Å². The molecule has 0 saturated carbocycles. The van der Waals surface area contributed by atoms with Crippen LogP contribution in [0.15, 0.2) is 54.6 Å². The molecule has 0 unspecified atom stereocenters. The fraction of sp³-hybridized carbons (Fsp3) is 0.316. The number of para-hydroxylation sites is 1. The predicted octanol–water partition coefficient (Wildman–Crippen LogP) is 1.36. The zero-order valence-electron chi connectivity index (χ0n) is 13.7. The second kappa shape index (κ2) is 8.18. The van der Waals surface area contributed by atoms with Crippen molar-refractivity contribution in [3.8, 4) is 0 Å². The minimum atomic E-state index is 0.105.